The van der Waals surface area contributed by atoms with Gasteiger partial charge in [-0.1, -0.05) is 11.6 Å². The van der Waals surface area contributed by atoms with Gasteiger partial charge in [0.05, 0.1) is 12.7 Å². The lowest BCUT2D eigenvalue weighted by atomic mass is 9.78. The lowest BCUT2D eigenvalue weighted by Gasteiger charge is -2.21. The van der Waals surface area contributed by atoms with Crippen molar-refractivity contribution in [2.45, 2.75) is 32.5 Å². The standard InChI is InChI=1S/C15H19BClNO5/c1-15(2,3)22-14(19)18-8-11-12-9(17)4-5-10-13(12)16(23-11)21-7-6-20-10/h4-5,11H,6-8H2,1-3H3,(H,18,19)/t11-/m0/s1. The lowest BCUT2D eigenvalue weighted by molar-refractivity contribution is 0.0494. The van der Waals surface area contributed by atoms with Crippen molar-refractivity contribution in [2.24, 2.45) is 0 Å². The van der Waals surface area contributed by atoms with E-state index in [0.29, 0.717) is 24.0 Å². The minimum atomic E-state index is -0.552. The Morgan fingerprint density at radius 2 is 2.22 bits per heavy atom. The summed E-state index contributed by atoms with van der Waals surface area (Å²) in [6.07, 6.45) is -0.903. The molecule has 3 rings (SSSR count). The smallest absolute Gasteiger partial charge is 0.492 e. The first-order valence-corrected chi connectivity index (χ1v) is 7.92. The second-order valence-corrected chi connectivity index (χ2v) is 6.84. The zero-order chi connectivity index (χ0) is 16.6. The number of amides is 1. The van der Waals surface area contributed by atoms with Crippen molar-refractivity contribution < 1.29 is 23.6 Å². The molecule has 0 fully saturated rings. The van der Waals surface area contributed by atoms with Crippen LogP contribution in [0.15, 0.2) is 12.1 Å². The fourth-order valence-corrected chi connectivity index (χ4v) is 2.93. The van der Waals surface area contributed by atoms with Crippen LogP contribution in [0.1, 0.15) is 32.4 Å². The summed E-state index contributed by atoms with van der Waals surface area (Å²) in [6, 6.07) is 3.59. The predicted molar refractivity (Wildman–Crippen MR) is 86.3 cm³/mol. The molecule has 0 aliphatic carbocycles. The van der Waals surface area contributed by atoms with Gasteiger partial charge in [0.2, 0.25) is 0 Å². The van der Waals surface area contributed by atoms with Gasteiger partial charge in [-0.05, 0) is 32.9 Å². The maximum absolute atomic E-state index is 11.8. The summed E-state index contributed by atoms with van der Waals surface area (Å²) in [4.78, 5) is 11.8. The molecule has 1 aromatic rings. The molecule has 0 saturated carbocycles. The summed E-state index contributed by atoms with van der Waals surface area (Å²) < 4.78 is 22.4. The van der Waals surface area contributed by atoms with Crippen LogP contribution in [0.3, 0.4) is 0 Å². The van der Waals surface area contributed by atoms with Gasteiger partial charge in [0, 0.05) is 22.6 Å². The summed E-state index contributed by atoms with van der Waals surface area (Å²) in [5.74, 6) is 0.715. The molecule has 1 amide bonds. The minimum absolute atomic E-state index is 0.241. The Bertz CT molecular complexity index is 619. The SMILES string of the molecule is CC(C)(C)OC(=O)NC[C@@H]1OB2OCCOc3ccc(Cl)c1c32. The van der Waals surface area contributed by atoms with Gasteiger partial charge in [0.1, 0.15) is 18.0 Å². The number of nitrogens with one attached hydrogen (secondary N) is 1. The fourth-order valence-electron chi connectivity index (χ4n) is 2.64. The molecule has 0 saturated heterocycles. The maximum atomic E-state index is 11.8. The third-order valence-electron chi connectivity index (χ3n) is 3.48. The van der Waals surface area contributed by atoms with Gasteiger partial charge in [-0.15, -0.1) is 0 Å². The highest BCUT2D eigenvalue weighted by Gasteiger charge is 2.43. The van der Waals surface area contributed by atoms with Gasteiger partial charge < -0.3 is 24.1 Å². The molecule has 124 valence electrons. The molecular weight excluding hydrogens is 320 g/mol. The van der Waals surface area contributed by atoms with Crippen LogP contribution in [0.5, 0.6) is 5.75 Å². The van der Waals surface area contributed by atoms with Crippen LogP contribution in [0.25, 0.3) is 0 Å². The number of rotatable bonds is 2. The third kappa shape index (κ3) is 3.57. The summed E-state index contributed by atoms with van der Waals surface area (Å²) in [5, 5.41) is 3.27. The first-order valence-electron chi connectivity index (χ1n) is 7.54. The largest absolute Gasteiger partial charge is 0.498 e. The Balaban J connectivity index is 1.76. The number of carbonyl (C=O) groups is 1. The van der Waals surface area contributed by atoms with E-state index in [1.807, 2.05) is 26.8 Å². The molecule has 1 aromatic carbocycles. The van der Waals surface area contributed by atoms with Crippen LogP contribution in [0.4, 0.5) is 4.79 Å². The summed E-state index contributed by atoms with van der Waals surface area (Å²) in [7, 11) is -0.522. The summed E-state index contributed by atoms with van der Waals surface area (Å²) >= 11 is 6.32. The van der Waals surface area contributed by atoms with Gasteiger partial charge in [0.15, 0.2) is 0 Å². The topological polar surface area (TPSA) is 66.0 Å². The van der Waals surface area contributed by atoms with Crippen molar-refractivity contribution in [1.82, 2.24) is 5.32 Å². The van der Waals surface area contributed by atoms with E-state index in [0.717, 1.165) is 11.0 Å². The average Bonchev–Trinajstić information content (AvgIpc) is 2.69. The van der Waals surface area contributed by atoms with E-state index in [2.05, 4.69) is 5.32 Å². The van der Waals surface area contributed by atoms with E-state index in [1.165, 1.54) is 0 Å². The minimum Gasteiger partial charge on any atom is -0.492 e. The number of ether oxygens (including phenoxy) is 2. The molecule has 1 atom stereocenters. The van der Waals surface area contributed by atoms with Gasteiger partial charge in [-0.25, -0.2) is 4.79 Å². The molecule has 0 unspecified atom stereocenters. The molecule has 2 aliphatic rings. The Morgan fingerprint density at radius 1 is 1.43 bits per heavy atom. The normalized spacial score (nSPS) is 19.7. The predicted octanol–water partition coefficient (Wildman–Crippen LogP) is 2.04. The number of halogens is 1. The van der Waals surface area contributed by atoms with E-state index in [4.69, 9.17) is 30.4 Å². The molecule has 0 radical (unpaired) electrons. The Labute approximate surface area is 140 Å². The lowest BCUT2D eigenvalue weighted by Crippen LogP contribution is -2.35. The van der Waals surface area contributed by atoms with Crippen LogP contribution in [0.2, 0.25) is 5.02 Å². The third-order valence-corrected chi connectivity index (χ3v) is 3.81. The highest BCUT2D eigenvalue weighted by molar-refractivity contribution is 6.64. The number of alkyl carbamates (subject to hydrolysis) is 1. The van der Waals surface area contributed by atoms with Crippen molar-refractivity contribution in [1.29, 1.82) is 0 Å². The van der Waals surface area contributed by atoms with E-state index < -0.39 is 24.9 Å². The van der Waals surface area contributed by atoms with Crippen molar-refractivity contribution >= 4 is 30.3 Å². The molecule has 6 nitrogen and oxygen atoms in total. The Hall–Kier alpha value is -1.44. The Kier molecular flexibility index (Phi) is 4.44. The second-order valence-electron chi connectivity index (χ2n) is 6.43. The van der Waals surface area contributed by atoms with E-state index in [-0.39, 0.29) is 6.54 Å². The van der Waals surface area contributed by atoms with Gasteiger partial charge >= 0.3 is 13.2 Å². The Morgan fingerprint density at radius 3 is 2.96 bits per heavy atom. The highest BCUT2D eigenvalue weighted by atomic mass is 35.5. The number of hydrogen-bond acceptors (Lipinski definition) is 5. The molecule has 0 aromatic heterocycles. The maximum Gasteiger partial charge on any atom is 0.498 e. The van der Waals surface area contributed by atoms with Crippen LogP contribution in [-0.4, -0.2) is 38.6 Å². The quantitative estimate of drug-likeness (QED) is 0.835. The van der Waals surface area contributed by atoms with E-state index in [1.54, 1.807) is 6.07 Å². The van der Waals surface area contributed by atoms with Gasteiger partial charge in [-0.2, -0.15) is 0 Å². The summed E-state index contributed by atoms with van der Waals surface area (Å²) in [5.41, 5.74) is 1.06. The fraction of sp³-hybridized carbons (Fsp3) is 0.533. The van der Waals surface area contributed by atoms with Crippen LogP contribution >= 0.6 is 11.6 Å². The van der Waals surface area contributed by atoms with E-state index in [9.17, 15) is 4.79 Å². The van der Waals surface area contributed by atoms with Crippen LogP contribution < -0.4 is 15.5 Å². The zero-order valence-electron chi connectivity index (χ0n) is 13.3. The molecule has 0 spiro atoms. The first-order chi connectivity index (χ1) is 10.8. The van der Waals surface area contributed by atoms with Crippen molar-refractivity contribution in [3.63, 3.8) is 0 Å². The van der Waals surface area contributed by atoms with Gasteiger partial charge in [-0.3, -0.25) is 0 Å². The monoisotopic (exact) mass is 339 g/mol. The molecule has 1 N–H and O–H groups in total. The molecule has 23 heavy (non-hydrogen) atoms. The van der Waals surface area contributed by atoms with Crippen molar-refractivity contribution in [2.75, 3.05) is 19.8 Å². The average molecular weight is 340 g/mol. The summed E-state index contributed by atoms with van der Waals surface area (Å²) in [6.45, 7) is 6.57. The van der Waals surface area contributed by atoms with E-state index >= 15 is 0 Å². The van der Waals surface area contributed by atoms with Crippen molar-refractivity contribution in [3.05, 3.63) is 22.7 Å². The number of benzene rings is 1. The van der Waals surface area contributed by atoms with Crippen LogP contribution in [0, 0.1) is 0 Å². The first kappa shape index (κ1) is 16.4. The molecule has 8 heteroatoms. The molecule has 2 aliphatic heterocycles. The molecule has 2 heterocycles. The van der Waals surface area contributed by atoms with Gasteiger partial charge in [0.25, 0.3) is 0 Å². The van der Waals surface area contributed by atoms with Crippen LogP contribution in [-0.2, 0) is 14.0 Å². The highest BCUT2D eigenvalue weighted by Crippen LogP contribution is 2.34. The molecule has 0 bridgehead atoms. The second kappa shape index (κ2) is 6.22. The van der Waals surface area contributed by atoms with Crippen molar-refractivity contribution in [3.8, 4) is 5.75 Å². The number of hydrogen-bond donors (Lipinski definition) is 1. The zero-order valence-corrected chi connectivity index (χ0v) is 14.1. The molecular formula is C15H19BClNO5. The number of carbonyl (C=O) groups excluding carboxylic acids is 1.